The van der Waals surface area contributed by atoms with E-state index < -0.39 is 0 Å². The lowest BCUT2D eigenvalue weighted by Crippen LogP contribution is -2.28. The van der Waals surface area contributed by atoms with Crippen LogP contribution in [-0.4, -0.2) is 7.05 Å². The number of benzene rings is 5. The number of hydrogen-bond donors (Lipinski definition) is 1. The van der Waals surface area contributed by atoms with Crippen molar-refractivity contribution in [3.05, 3.63) is 150 Å². The maximum atomic E-state index is 3.35. The first-order valence-corrected chi connectivity index (χ1v) is 11.5. The molecule has 0 aromatic heterocycles. The van der Waals surface area contributed by atoms with Gasteiger partial charge in [0.2, 0.25) is 0 Å². The molecule has 0 spiro atoms. The van der Waals surface area contributed by atoms with E-state index in [0.717, 1.165) is 5.69 Å². The molecule has 0 heterocycles. The van der Waals surface area contributed by atoms with Crippen LogP contribution in [0.2, 0.25) is 0 Å². The molecule has 0 radical (unpaired) electrons. The quantitative estimate of drug-likeness (QED) is 0.305. The van der Waals surface area contributed by atoms with Gasteiger partial charge >= 0.3 is 0 Å². The second kappa shape index (κ2) is 7.79. The maximum Gasteiger partial charge on any atom is 0.0713 e. The lowest BCUT2D eigenvalue weighted by atomic mass is 9.67. The largest absolute Gasteiger partial charge is 0.388 e. The Morgan fingerprint density at radius 3 is 1.70 bits per heavy atom. The Labute approximate surface area is 195 Å². The van der Waals surface area contributed by atoms with Gasteiger partial charge in [0.25, 0.3) is 0 Å². The van der Waals surface area contributed by atoms with Gasteiger partial charge < -0.3 is 5.32 Å². The smallest absolute Gasteiger partial charge is 0.0713 e. The van der Waals surface area contributed by atoms with Gasteiger partial charge in [0, 0.05) is 18.3 Å². The van der Waals surface area contributed by atoms with Gasteiger partial charge in [-0.3, -0.25) is 0 Å². The Bertz CT molecular complexity index is 1390. The summed E-state index contributed by atoms with van der Waals surface area (Å²) in [4.78, 5) is 0. The molecule has 158 valence electrons. The average Bonchev–Trinajstić information content (AvgIpc) is 3.20. The fourth-order valence-electron chi connectivity index (χ4n) is 5.57. The van der Waals surface area contributed by atoms with Crippen molar-refractivity contribution in [2.24, 2.45) is 0 Å². The molecule has 1 heteroatoms. The Balaban J connectivity index is 1.70. The molecule has 6 rings (SSSR count). The fraction of sp³-hybridized carbons (Fsp3) is 0.0625. The van der Waals surface area contributed by atoms with Gasteiger partial charge in [-0.15, -0.1) is 0 Å². The van der Waals surface area contributed by atoms with E-state index in [1.54, 1.807) is 0 Å². The van der Waals surface area contributed by atoms with Gasteiger partial charge in [-0.05, 0) is 51.1 Å². The molecule has 1 N–H and O–H groups in total. The molecule has 0 bridgehead atoms. The molecule has 0 aliphatic heterocycles. The zero-order valence-electron chi connectivity index (χ0n) is 18.6. The zero-order chi connectivity index (χ0) is 22.3. The van der Waals surface area contributed by atoms with Gasteiger partial charge in [0.15, 0.2) is 0 Å². The average molecular weight is 424 g/mol. The SMILES string of the molecule is CNc1ccccc1-c1ccc2c(c1)-c1ccccc1C2(c1ccccc1)c1ccccc1. The number of fused-ring (bicyclic) bond motifs is 3. The minimum atomic E-state index is -0.338. The third-order valence-corrected chi connectivity index (χ3v) is 6.97. The molecule has 5 aromatic rings. The molecule has 33 heavy (non-hydrogen) atoms. The van der Waals surface area contributed by atoms with Crippen LogP contribution >= 0.6 is 0 Å². The molecule has 0 saturated heterocycles. The Morgan fingerprint density at radius 1 is 0.485 bits per heavy atom. The lowest BCUT2D eigenvalue weighted by Gasteiger charge is -2.33. The molecule has 0 unspecified atom stereocenters. The van der Waals surface area contributed by atoms with E-state index in [-0.39, 0.29) is 5.41 Å². The lowest BCUT2D eigenvalue weighted by molar-refractivity contribution is 0.768. The van der Waals surface area contributed by atoms with Crippen LogP contribution in [0.25, 0.3) is 22.3 Å². The van der Waals surface area contributed by atoms with E-state index in [2.05, 4.69) is 133 Å². The van der Waals surface area contributed by atoms with E-state index in [0.29, 0.717) is 0 Å². The van der Waals surface area contributed by atoms with Crippen LogP contribution in [0.4, 0.5) is 5.69 Å². The Hall–Kier alpha value is -4.10. The summed E-state index contributed by atoms with van der Waals surface area (Å²) in [6.07, 6.45) is 0. The van der Waals surface area contributed by atoms with Gasteiger partial charge in [-0.2, -0.15) is 0 Å². The van der Waals surface area contributed by atoms with Gasteiger partial charge in [0.05, 0.1) is 5.41 Å². The summed E-state index contributed by atoms with van der Waals surface area (Å²) in [5, 5.41) is 3.35. The van der Waals surface area contributed by atoms with Crippen molar-refractivity contribution in [2.75, 3.05) is 12.4 Å². The van der Waals surface area contributed by atoms with Crippen LogP contribution in [0.1, 0.15) is 22.3 Å². The van der Waals surface area contributed by atoms with Crippen LogP contribution in [-0.2, 0) is 5.41 Å². The normalized spacial score (nSPS) is 13.2. The molecule has 0 amide bonds. The van der Waals surface area contributed by atoms with Gasteiger partial charge in [0.1, 0.15) is 0 Å². The standard InChI is InChI=1S/C32H25N/c1-33-31-19-11-9-16-26(31)23-20-21-30-28(22-23)27-17-8-10-18-29(27)32(30,24-12-4-2-5-13-24)25-14-6-3-7-15-25/h2-22,33H,1H3. The first kappa shape index (κ1) is 19.6. The number of rotatable bonds is 4. The van der Waals surface area contributed by atoms with Crippen molar-refractivity contribution in [2.45, 2.75) is 5.41 Å². The Morgan fingerprint density at radius 2 is 1.03 bits per heavy atom. The van der Waals surface area contributed by atoms with Crippen LogP contribution in [0.5, 0.6) is 0 Å². The topological polar surface area (TPSA) is 12.0 Å². The van der Waals surface area contributed by atoms with Crippen molar-refractivity contribution in [1.82, 2.24) is 0 Å². The highest BCUT2D eigenvalue weighted by atomic mass is 14.8. The third-order valence-electron chi connectivity index (χ3n) is 6.97. The van der Waals surface area contributed by atoms with E-state index in [1.807, 2.05) is 7.05 Å². The monoisotopic (exact) mass is 423 g/mol. The van der Waals surface area contributed by atoms with Crippen molar-refractivity contribution in [1.29, 1.82) is 0 Å². The second-order valence-corrected chi connectivity index (χ2v) is 8.58. The molecule has 0 fully saturated rings. The van der Waals surface area contributed by atoms with Crippen LogP contribution in [0, 0.1) is 0 Å². The highest BCUT2D eigenvalue weighted by Crippen LogP contribution is 2.56. The fourth-order valence-corrected chi connectivity index (χ4v) is 5.57. The second-order valence-electron chi connectivity index (χ2n) is 8.58. The van der Waals surface area contributed by atoms with E-state index in [9.17, 15) is 0 Å². The van der Waals surface area contributed by atoms with Crippen molar-refractivity contribution < 1.29 is 0 Å². The summed E-state index contributed by atoms with van der Waals surface area (Å²) in [5.41, 5.74) is 11.1. The number of hydrogen-bond acceptors (Lipinski definition) is 1. The van der Waals surface area contributed by atoms with Crippen molar-refractivity contribution in [3.63, 3.8) is 0 Å². The maximum absolute atomic E-state index is 3.35. The first-order chi connectivity index (χ1) is 16.3. The summed E-state index contributed by atoms with van der Waals surface area (Å²) in [7, 11) is 1.98. The third kappa shape index (κ3) is 2.86. The summed E-state index contributed by atoms with van der Waals surface area (Å²) in [6.45, 7) is 0. The zero-order valence-corrected chi connectivity index (χ0v) is 18.6. The highest BCUT2D eigenvalue weighted by Gasteiger charge is 2.45. The molecule has 1 aliphatic rings. The van der Waals surface area contributed by atoms with Crippen molar-refractivity contribution in [3.8, 4) is 22.3 Å². The molecular weight excluding hydrogens is 398 g/mol. The first-order valence-electron chi connectivity index (χ1n) is 11.5. The molecule has 5 aromatic carbocycles. The summed E-state index contributed by atoms with van der Waals surface area (Å²) >= 11 is 0. The summed E-state index contributed by atoms with van der Waals surface area (Å²) < 4.78 is 0. The van der Waals surface area contributed by atoms with E-state index in [4.69, 9.17) is 0 Å². The van der Waals surface area contributed by atoms with Crippen LogP contribution in [0.15, 0.2) is 127 Å². The van der Waals surface area contributed by atoms with Gasteiger partial charge in [-0.25, -0.2) is 0 Å². The number of para-hydroxylation sites is 1. The van der Waals surface area contributed by atoms with Crippen molar-refractivity contribution >= 4 is 5.69 Å². The Kier molecular flexibility index (Phi) is 4.62. The predicted molar refractivity (Wildman–Crippen MR) is 139 cm³/mol. The number of anilines is 1. The molecule has 0 atom stereocenters. The minimum absolute atomic E-state index is 0.338. The van der Waals surface area contributed by atoms with Crippen LogP contribution in [0.3, 0.4) is 0 Å². The summed E-state index contributed by atoms with van der Waals surface area (Å²) in [5.74, 6) is 0. The molecule has 1 nitrogen and oxygen atoms in total. The highest BCUT2D eigenvalue weighted by molar-refractivity contribution is 5.90. The summed E-state index contributed by atoms with van der Waals surface area (Å²) in [6, 6.07) is 46.3. The predicted octanol–water partition coefficient (Wildman–Crippen LogP) is 7.76. The number of nitrogens with one attached hydrogen (secondary N) is 1. The minimum Gasteiger partial charge on any atom is -0.388 e. The van der Waals surface area contributed by atoms with Gasteiger partial charge in [-0.1, -0.05) is 115 Å². The molecule has 1 aliphatic carbocycles. The molecular formula is C32H25N. The van der Waals surface area contributed by atoms with E-state index in [1.165, 1.54) is 44.5 Å². The van der Waals surface area contributed by atoms with E-state index >= 15 is 0 Å². The van der Waals surface area contributed by atoms with Crippen LogP contribution < -0.4 is 5.32 Å². The molecule has 0 saturated carbocycles.